The summed E-state index contributed by atoms with van der Waals surface area (Å²) in [6.45, 7) is 1.93. The number of rotatable bonds is 17. The Bertz CT molecular complexity index is 217. The largest absolute Gasteiger partial charge is 0.396 e. The Kier molecular flexibility index (Phi) is 15.7. The number of hydrogen-bond acceptors (Lipinski definition) is 3. The van der Waals surface area contributed by atoms with Crippen LogP contribution in [0.1, 0.15) is 103 Å². The maximum atomic E-state index is 9.67. The Balaban J connectivity index is 3.06. The SMILES string of the molecule is CC(O)(CO)CCCCCCCCCCCCCCCCO. The fourth-order valence-electron chi connectivity index (χ4n) is 2.82. The summed E-state index contributed by atoms with van der Waals surface area (Å²) in [5, 5.41) is 27.3. The second-order valence-electron chi connectivity index (χ2n) is 7.08. The van der Waals surface area contributed by atoms with E-state index in [2.05, 4.69) is 0 Å². The molecule has 0 aromatic rings. The molecule has 134 valence electrons. The predicted molar refractivity (Wildman–Crippen MR) is 94.1 cm³/mol. The van der Waals surface area contributed by atoms with Crippen molar-refractivity contribution in [3.05, 3.63) is 0 Å². The van der Waals surface area contributed by atoms with Gasteiger partial charge in [0, 0.05) is 6.61 Å². The number of aliphatic hydroxyl groups is 3. The van der Waals surface area contributed by atoms with E-state index >= 15 is 0 Å². The molecule has 3 heteroatoms. The van der Waals surface area contributed by atoms with E-state index in [4.69, 9.17) is 10.2 Å². The molecular weight excluding hydrogens is 276 g/mol. The van der Waals surface area contributed by atoms with Crippen LogP contribution in [-0.2, 0) is 0 Å². The smallest absolute Gasteiger partial charge is 0.0849 e. The first-order chi connectivity index (χ1) is 10.6. The molecule has 0 saturated carbocycles. The molecule has 0 aromatic heterocycles. The molecule has 1 unspecified atom stereocenters. The Morgan fingerprint density at radius 1 is 0.545 bits per heavy atom. The van der Waals surface area contributed by atoms with Crippen molar-refractivity contribution in [2.24, 2.45) is 0 Å². The summed E-state index contributed by atoms with van der Waals surface area (Å²) in [6, 6.07) is 0. The molecule has 0 aliphatic rings. The van der Waals surface area contributed by atoms with Crippen molar-refractivity contribution in [3.8, 4) is 0 Å². The molecule has 0 aliphatic heterocycles. The van der Waals surface area contributed by atoms with Gasteiger partial charge in [0.1, 0.15) is 0 Å². The monoisotopic (exact) mass is 316 g/mol. The Morgan fingerprint density at radius 3 is 1.18 bits per heavy atom. The average Bonchev–Trinajstić information content (AvgIpc) is 2.51. The third-order valence-electron chi connectivity index (χ3n) is 4.46. The summed E-state index contributed by atoms with van der Waals surface area (Å²) in [5.41, 5.74) is -0.877. The molecule has 0 heterocycles. The molecular formula is C19H40O3. The van der Waals surface area contributed by atoms with Gasteiger partial charge in [-0.15, -0.1) is 0 Å². The normalized spacial score (nSPS) is 14.2. The quantitative estimate of drug-likeness (QED) is 0.344. The molecule has 0 amide bonds. The van der Waals surface area contributed by atoms with Crippen LogP contribution in [0.15, 0.2) is 0 Å². The number of hydrogen-bond donors (Lipinski definition) is 3. The van der Waals surface area contributed by atoms with E-state index in [9.17, 15) is 5.11 Å². The van der Waals surface area contributed by atoms with Gasteiger partial charge < -0.3 is 15.3 Å². The standard InChI is InChI=1S/C19H40O3/c1-19(22,18-21)16-14-12-10-8-6-4-2-3-5-7-9-11-13-15-17-20/h20-22H,2-18H2,1H3. The summed E-state index contributed by atoms with van der Waals surface area (Å²) in [6.07, 6.45) is 18.4. The van der Waals surface area contributed by atoms with Crippen molar-refractivity contribution >= 4 is 0 Å². The topological polar surface area (TPSA) is 60.7 Å². The van der Waals surface area contributed by atoms with Crippen LogP contribution >= 0.6 is 0 Å². The second-order valence-corrected chi connectivity index (χ2v) is 7.08. The highest BCUT2D eigenvalue weighted by Gasteiger charge is 2.17. The van der Waals surface area contributed by atoms with Gasteiger partial charge in [0.25, 0.3) is 0 Å². The highest BCUT2D eigenvalue weighted by molar-refractivity contribution is 4.70. The molecule has 3 N–H and O–H groups in total. The van der Waals surface area contributed by atoms with Crippen molar-refractivity contribution in [2.45, 2.75) is 109 Å². The average molecular weight is 317 g/mol. The minimum atomic E-state index is -0.877. The highest BCUT2D eigenvalue weighted by Crippen LogP contribution is 2.16. The lowest BCUT2D eigenvalue weighted by Gasteiger charge is -2.19. The Labute approximate surface area is 138 Å². The zero-order valence-electron chi connectivity index (χ0n) is 14.9. The Hall–Kier alpha value is -0.120. The lowest BCUT2D eigenvalue weighted by molar-refractivity contribution is -0.00695. The summed E-state index contributed by atoms with van der Waals surface area (Å²) in [4.78, 5) is 0. The van der Waals surface area contributed by atoms with Gasteiger partial charge in [-0.2, -0.15) is 0 Å². The van der Waals surface area contributed by atoms with E-state index in [0.29, 0.717) is 13.0 Å². The molecule has 0 bridgehead atoms. The van der Waals surface area contributed by atoms with Crippen molar-refractivity contribution in [1.29, 1.82) is 0 Å². The molecule has 3 nitrogen and oxygen atoms in total. The third kappa shape index (κ3) is 16.3. The van der Waals surface area contributed by atoms with E-state index in [1.165, 1.54) is 77.0 Å². The zero-order chi connectivity index (χ0) is 16.5. The fourth-order valence-corrected chi connectivity index (χ4v) is 2.82. The maximum absolute atomic E-state index is 9.67. The lowest BCUT2D eigenvalue weighted by Crippen LogP contribution is -2.28. The van der Waals surface area contributed by atoms with Gasteiger partial charge in [-0.3, -0.25) is 0 Å². The predicted octanol–water partition coefficient (Wildman–Crippen LogP) is 4.57. The first-order valence-electron chi connectivity index (χ1n) is 9.56. The highest BCUT2D eigenvalue weighted by atomic mass is 16.3. The van der Waals surface area contributed by atoms with Gasteiger partial charge >= 0.3 is 0 Å². The van der Waals surface area contributed by atoms with Crippen LogP contribution in [0.4, 0.5) is 0 Å². The fraction of sp³-hybridized carbons (Fsp3) is 1.00. The zero-order valence-corrected chi connectivity index (χ0v) is 14.9. The van der Waals surface area contributed by atoms with Crippen LogP contribution in [0.3, 0.4) is 0 Å². The summed E-state index contributed by atoms with van der Waals surface area (Å²) >= 11 is 0. The summed E-state index contributed by atoms with van der Waals surface area (Å²) < 4.78 is 0. The van der Waals surface area contributed by atoms with Gasteiger partial charge in [0.15, 0.2) is 0 Å². The molecule has 0 spiro atoms. The molecule has 0 radical (unpaired) electrons. The van der Waals surface area contributed by atoms with E-state index in [-0.39, 0.29) is 6.61 Å². The molecule has 0 aliphatic carbocycles. The number of unbranched alkanes of at least 4 members (excludes halogenated alkanes) is 13. The van der Waals surface area contributed by atoms with Gasteiger partial charge in [0.2, 0.25) is 0 Å². The third-order valence-corrected chi connectivity index (χ3v) is 4.46. The van der Waals surface area contributed by atoms with Crippen LogP contribution in [-0.4, -0.2) is 34.1 Å². The van der Waals surface area contributed by atoms with Crippen LogP contribution in [0.5, 0.6) is 0 Å². The minimum Gasteiger partial charge on any atom is -0.396 e. The van der Waals surface area contributed by atoms with Crippen LogP contribution in [0.2, 0.25) is 0 Å². The van der Waals surface area contributed by atoms with Crippen LogP contribution in [0.25, 0.3) is 0 Å². The molecule has 0 aromatic carbocycles. The molecule has 0 rings (SSSR count). The minimum absolute atomic E-state index is 0.131. The van der Waals surface area contributed by atoms with Gasteiger partial charge in [0.05, 0.1) is 12.2 Å². The maximum Gasteiger partial charge on any atom is 0.0849 e. The lowest BCUT2D eigenvalue weighted by atomic mass is 9.98. The molecule has 22 heavy (non-hydrogen) atoms. The van der Waals surface area contributed by atoms with Crippen molar-refractivity contribution in [3.63, 3.8) is 0 Å². The van der Waals surface area contributed by atoms with Crippen LogP contribution in [0, 0.1) is 0 Å². The van der Waals surface area contributed by atoms with Gasteiger partial charge in [-0.05, 0) is 19.8 Å². The molecule has 0 saturated heterocycles. The molecule has 0 fully saturated rings. The first kappa shape index (κ1) is 21.9. The van der Waals surface area contributed by atoms with Crippen LogP contribution < -0.4 is 0 Å². The summed E-state index contributed by atoms with van der Waals surface area (Å²) in [5.74, 6) is 0. The summed E-state index contributed by atoms with van der Waals surface area (Å²) in [7, 11) is 0. The second kappa shape index (κ2) is 15.8. The van der Waals surface area contributed by atoms with Gasteiger partial charge in [-0.1, -0.05) is 83.5 Å². The van der Waals surface area contributed by atoms with E-state index in [1.807, 2.05) is 0 Å². The van der Waals surface area contributed by atoms with Crippen molar-refractivity contribution < 1.29 is 15.3 Å². The molecule has 1 atom stereocenters. The van der Waals surface area contributed by atoms with Gasteiger partial charge in [-0.25, -0.2) is 0 Å². The first-order valence-corrected chi connectivity index (χ1v) is 9.56. The number of aliphatic hydroxyl groups excluding tert-OH is 2. The van der Waals surface area contributed by atoms with E-state index < -0.39 is 5.60 Å². The van der Waals surface area contributed by atoms with E-state index in [0.717, 1.165) is 12.8 Å². The van der Waals surface area contributed by atoms with Crippen molar-refractivity contribution in [2.75, 3.05) is 13.2 Å². The Morgan fingerprint density at radius 2 is 0.864 bits per heavy atom. The van der Waals surface area contributed by atoms with Crippen molar-refractivity contribution in [1.82, 2.24) is 0 Å². The van der Waals surface area contributed by atoms with E-state index in [1.54, 1.807) is 6.92 Å².